The fourth-order valence-corrected chi connectivity index (χ4v) is 3.13. The third-order valence-electron chi connectivity index (χ3n) is 3.64. The van der Waals surface area contributed by atoms with Gasteiger partial charge in [0.1, 0.15) is 0 Å². The van der Waals surface area contributed by atoms with E-state index in [0.717, 1.165) is 37.5 Å². The van der Waals surface area contributed by atoms with E-state index < -0.39 is 6.10 Å². The second kappa shape index (κ2) is 7.71. The molecule has 5 nitrogen and oxygen atoms in total. The lowest BCUT2D eigenvalue weighted by molar-refractivity contribution is -0.129. The van der Waals surface area contributed by atoms with E-state index in [1.54, 1.807) is 16.2 Å². The molecule has 1 aliphatic rings. The minimum atomic E-state index is -0.465. The van der Waals surface area contributed by atoms with Crippen LogP contribution in [0.15, 0.2) is 11.6 Å². The third kappa shape index (κ3) is 4.54. The highest BCUT2D eigenvalue weighted by Crippen LogP contribution is 2.11. The van der Waals surface area contributed by atoms with Crippen molar-refractivity contribution in [1.82, 2.24) is 14.8 Å². The number of thiazole rings is 1. The van der Waals surface area contributed by atoms with Crippen LogP contribution >= 0.6 is 11.3 Å². The fraction of sp³-hybridized carbons (Fsp3) is 0.714. The third-order valence-corrected chi connectivity index (χ3v) is 4.48. The van der Waals surface area contributed by atoms with Gasteiger partial charge >= 0.3 is 0 Å². The molecule has 1 saturated heterocycles. The number of aliphatic hydroxyl groups is 1. The van der Waals surface area contributed by atoms with E-state index in [1.165, 1.54) is 0 Å². The van der Waals surface area contributed by atoms with E-state index in [4.69, 9.17) is 0 Å². The molecule has 0 bridgehead atoms. The molecule has 1 amide bonds. The number of rotatable bonds is 8. The van der Waals surface area contributed by atoms with Crippen LogP contribution in [-0.2, 0) is 11.2 Å². The molecule has 0 aliphatic carbocycles. The van der Waals surface area contributed by atoms with Crippen LogP contribution in [0.2, 0.25) is 0 Å². The van der Waals surface area contributed by atoms with Crippen molar-refractivity contribution in [2.45, 2.75) is 32.3 Å². The van der Waals surface area contributed by atoms with Crippen LogP contribution in [-0.4, -0.2) is 64.6 Å². The maximum Gasteiger partial charge on any atom is 0.222 e. The molecule has 1 atom stereocenters. The summed E-state index contributed by atoms with van der Waals surface area (Å²) in [5.74, 6) is 0.176. The average Bonchev–Trinajstić information content (AvgIpc) is 3.07. The van der Waals surface area contributed by atoms with Crippen molar-refractivity contribution >= 4 is 17.2 Å². The topological polar surface area (TPSA) is 56.7 Å². The van der Waals surface area contributed by atoms with Crippen molar-refractivity contribution in [1.29, 1.82) is 0 Å². The van der Waals surface area contributed by atoms with E-state index >= 15 is 0 Å². The summed E-state index contributed by atoms with van der Waals surface area (Å²) >= 11 is 1.67. The summed E-state index contributed by atoms with van der Waals surface area (Å²) in [5.41, 5.74) is 0. The molecule has 1 aromatic heterocycles. The Balaban J connectivity index is 1.72. The molecule has 2 heterocycles. The van der Waals surface area contributed by atoms with E-state index in [-0.39, 0.29) is 5.91 Å². The molecule has 2 rings (SSSR count). The normalized spacial score (nSPS) is 17.1. The first-order chi connectivity index (χ1) is 9.69. The predicted molar refractivity (Wildman–Crippen MR) is 79.8 cm³/mol. The number of aromatic nitrogens is 1. The minimum absolute atomic E-state index is 0.176. The van der Waals surface area contributed by atoms with Crippen molar-refractivity contribution in [2.75, 3.05) is 32.7 Å². The SMILES string of the molecule is CCN(CCc1nccs1)CC(O)CN1CCCC1=O. The summed E-state index contributed by atoms with van der Waals surface area (Å²) in [4.78, 5) is 19.8. The van der Waals surface area contributed by atoms with Crippen molar-refractivity contribution in [2.24, 2.45) is 0 Å². The number of nitrogens with zero attached hydrogens (tertiary/aromatic N) is 3. The standard InChI is InChI=1S/C14H23N3O2S/c1-2-16(8-5-13-15-6-9-20-13)10-12(18)11-17-7-3-4-14(17)19/h6,9,12,18H,2-5,7-8,10-11H2,1H3. The molecule has 1 aromatic rings. The van der Waals surface area contributed by atoms with E-state index in [0.29, 0.717) is 19.5 Å². The molecule has 1 fully saturated rings. The number of hydrogen-bond donors (Lipinski definition) is 1. The lowest BCUT2D eigenvalue weighted by atomic mass is 10.2. The molecule has 0 saturated carbocycles. The zero-order valence-electron chi connectivity index (χ0n) is 12.0. The maximum absolute atomic E-state index is 11.5. The van der Waals surface area contributed by atoms with Gasteiger partial charge in [0, 0.05) is 50.6 Å². The summed E-state index contributed by atoms with van der Waals surface area (Å²) in [5, 5.41) is 13.3. The molecule has 6 heteroatoms. The van der Waals surface area contributed by atoms with Crippen LogP contribution in [0.25, 0.3) is 0 Å². The lowest BCUT2D eigenvalue weighted by Gasteiger charge is -2.26. The molecule has 20 heavy (non-hydrogen) atoms. The van der Waals surface area contributed by atoms with Crippen molar-refractivity contribution < 1.29 is 9.90 Å². The highest BCUT2D eigenvalue weighted by molar-refractivity contribution is 7.09. The van der Waals surface area contributed by atoms with Crippen LogP contribution in [0.4, 0.5) is 0 Å². The largest absolute Gasteiger partial charge is 0.390 e. The molecule has 112 valence electrons. The number of β-amino-alcohol motifs (C(OH)–C–C–N with tert-alkyl or cyclic N) is 1. The summed E-state index contributed by atoms with van der Waals surface area (Å²) in [6, 6.07) is 0. The van der Waals surface area contributed by atoms with Crippen molar-refractivity contribution in [3.63, 3.8) is 0 Å². The van der Waals surface area contributed by atoms with Crippen molar-refractivity contribution in [3.8, 4) is 0 Å². The van der Waals surface area contributed by atoms with Gasteiger partial charge in [-0.15, -0.1) is 11.3 Å². The Hall–Kier alpha value is -0.980. The van der Waals surface area contributed by atoms with E-state index in [1.807, 2.05) is 11.6 Å². The van der Waals surface area contributed by atoms with Gasteiger partial charge in [0.25, 0.3) is 0 Å². The first-order valence-electron chi connectivity index (χ1n) is 7.25. The lowest BCUT2D eigenvalue weighted by Crippen LogP contribution is -2.41. The van der Waals surface area contributed by atoms with Gasteiger partial charge in [-0.25, -0.2) is 4.98 Å². The molecule has 1 aliphatic heterocycles. The van der Waals surface area contributed by atoms with Gasteiger partial charge in [-0.3, -0.25) is 4.79 Å². The van der Waals surface area contributed by atoms with Gasteiger partial charge in [-0.1, -0.05) is 6.92 Å². The number of aliphatic hydroxyl groups excluding tert-OH is 1. The molecule has 0 aromatic carbocycles. The summed E-state index contributed by atoms with van der Waals surface area (Å²) in [6.45, 7) is 5.76. The first kappa shape index (κ1) is 15.4. The highest BCUT2D eigenvalue weighted by atomic mass is 32.1. The van der Waals surface area contributed by atoms with Crippen LogP contribution in [0.3, 0.4) is 0 Å². The first-order valence-corrected chi connectivity index (χ1v) is 8.13. The van der Waals surface area contributed by atoms with Gasteiger partial charge in [0.2, 0.25) is 5.91 Å². The maximum atomic E-state index is 11.5. The molecule has 0 radical (unpaired) electrons. The monoisotopic (exact) mass is 297 g/mol. The fourth-order valence-electron chi connectivity index (χ4n) is 2.52. The van der Waals surface area contributed by atoms with Crippen LogP contribution in [0.1, 0.15) is 24.8 Å². The number of carbonyl (C=O) groups excluding carboxylic acids is 1. The smallest absolute Gasteiger partial charge is 0.222 e. The summed E-state index contributed by atoms with van der Waals surface area (Å²) in [6.07, 6.45) is 3.83. The van der Waals surface area contributed by atoms with Crippen molar-refractivity contribution in [3.05, 3.63) is 16.6 Å². The molecular formula is C14H23N3O2S. The molecule has 1 N–H and O–H groups in total. The quantitative estimate of drug-likeness (QED) is 0.777. The zero-order valence-corrected chi connectivity index (χ0v) is 12.8. The van der Waals surface area contributed by atoms with Gasteiger partial charge in [0.15, 0.2) is 0 Å². The Morgan fingerprint density at radius 3 is 3.05 bits per heavy atom. The summed E-state index contributed by atoms with van der Waals surface area (Å²) in [7, 11) is 0. The van der Waals surface area contributed by atoms with E-state index in [2.05, 4.69) is 16.8 Å². The highest BCUT2D eigenvalue weighted by Gasteiger charge is 2.23. The second-order valence-electron chi connectivity index (χ2n) is 5.17. The van der Waals surface area contributed by atoms with Crippen LogP contribution in [0.5, 0.6) is 0 Å². The molecular weight excluding hydrogens is 274 g/mol. The predicted octanol–water partition coefficient (Wildman–Crippen LogP) is 0.991. The number of carbonyl (C=O) groups is 1. The average molecular weight is 297 g/mol. The van der Waals surface area contributed by atoms with Gasteiger partial charge in [-0.2, -0.15) is 0 Å². The Kier molecular flexibility index (Phi) is 5.94. The van der Waals surface area contributed by atoms with Crippen LogP contribution < -0.4 is 0 Å². The van der Waals surface area contributed by atoms with E-state index in [9.17, 15) is 9.90 Å². The van der Waals surface area contributed by atoms with Gasteiger partial charge < -0.3 is 14.9 Å². The Labute approximate surface area is 124 Å². The molecule has 0 spiro atoms. The minimum Gasteiger partial charge on any atom is -0.390 e. The second-order valence-corrected chi connectivity index (χ2v) is 6.15. The Morgan fingerprint density at radius 2 is 2.45 bits per heavy atom. The summed E-state index contributed by atoms with van der Waals surface area (Å²) < 4.78 is 0. The zero-order chi connectivity index (χ0) is 14.4. The number of amides is 1. The Morgan fingerprint density at radius 1 is 1.60 bits per heavy atom. The van der Waals surface area contributed by atoms with Gasteiger partial charge in [-0.05, 0) is 13.0 Å². The number of likely N-dealkylation sites (N-methyl/N-ethyl adjacent to an activating group) is 1. The molecule has 1 unspecified atom stereocenters. The van der Waals surface area contributed by atoms with Crippen LogP contribution in [0, 0.1) is 0 Å². The number of hydrogen-bond acceptors (Lipinski definition) is 5. The Bertz CT molecular complexity index is 411. The number of likely N-dealkylation sites (tertiary alicyclic amines) is 1. The van der Waals surface area contributed by atoms with Gasteiger partial charge in [0.05, 0.1) is 11.1 Å².